The van der Waals surface area contributed by atoms with Crippen molar-refractivity contribution in [2.75, 3.05) is 11.6 Å². The molecule has 4 nitrogen and oxygen atoms in total. The monoisotopic (exact) mass is 302 g/mol. The summed E-state index contributed by atoms with van der Waals surface area (Å²) in [6.07, 6.45) is 5.52. The molecule has 0 saturated carbocycles. The van der Waals surface area contributed by atoms with Crippen LogP contribution >= 0.6 is 23.4 Å². The molecule has 3 aromatic rings. The average molecular weight is 303 g/mol. The molecule has 0 aliphatic rings. The first kappa shape index (κ1) is 13.1. The molecule has 2 heterocycles. The highest BCUT2D eigenvalue weighted by Gasteiger charge is 2.05. The standard InChI is InChI=1S/C14H11ClN4S/c1-20-14-18-12(15)7-13(19-14)17-11-4-2-3-9-5-6-16-8-10(9)11/h2-8H,1H3,(H,17,18,19). The van der Waals surface area contributed by atoms with Crippen molar-refractivity contribution in [2.45, 2.75) is 5.16 Å². The highest BCUT2D eigenvalue weighted by atomic mass is 35.5. The van der Waals surface area contributed by atoms with Gasteiger partial charge in [0.1, 0.15) is 11.0 Å². The summed E-state index contributed by atoms with van der Waals surface area (Å²) in [4.78, 5) is 12.7. The van der Waals surface area contributed by atoms with Crippen molar-refractivity contribution in [3.8, 4) is 0 Å². The number of thioether (sulfide) groups is 1. The van der Waals surface area contributed by atoms with Crippen molar-refractivity contribution in [1.29, 1.82) is 0 Å². The second-order valence-corrected chi connectivity index (χ2v) is 5.25. The van der Waals surface area contributed by atoms with Gasteiger partial charge in [-0.1, -0.05) is 35.5 Å². The lowest BCUT2D eigenvalue weighted by Crippen LogP contribution is -1.97. The summed E-state index contributed by atoms with van der Waals surface area (Å²) in [6.45, 7) is 0. The number of anilines is 2. The van der Waals surface area contributed by atoms with Crippen molar-refractivity contribution in [3.63, 3.8) is 0 Å². The zero-order chi connectivity index (χ0) is 13.9. The molecule has 1 aromatic carbocycles. The minimum atomic E-state index is 0.421. The second-order valence-electron chi connectivity index (χ2n) is 4.09. The van der Waals surface area contributed by atoms with Crippen LogP contribution in [0, 0.1) is 0 Å². The number of pyridine rings is 1. The molecule has 0 amide bonds. The first-order valence-corrected chi connectivity index (χ1v) is 7.55. The summed E-state index contributed by atoms with van der Waals surface area (Å²) in [7, 11) is 0. The first-order chi connectivity index (χ1) is 9.76. The quantitative estimate of drug-likeness (QED) is 0.447. The zero-order valence-corrected chi connectivity index (χ0v) is 12.2. The van der Waals surface area contributed by atoms with Crippen molar-refractivity contribution in [2.24, 2.45) is 0 Å². The smallest absolute Gasteiger partial charge is 0.190 e. The lowest BCUT2D eigenvalue weighted by molar-refractivity contribution is 0.976. The Hall–Kier alpha value is -1.85. The van der Waals surface area contributed by atoms with Crippen molar-refractivity contribution in [1.82, 2.24) is 15.0 Å². The molecular weight excluding hydrogens is 292 g/mol. The summed E-state index contributed by atoms with van der Waals surface area (Å²) >= 11 is 7.45. The molecule has 0 spiro atoms. The third-order valence-corrected chi connectivity index (χ3v) is 3.54. The van der Waals surface area contributed by atoms with Gasteiger partial charge in [-0.3, -0.25) is 4.98 Å². The molecule has 20 heavy (non-hydrogen) atoms. The van der Waals surface area contributed by atoms with Crippen LogP contribution in [0.5, 0.6) is 0 Å². The van der Waals surface area contributed by atoms with E-state index in [-0.39, 0.29) is 0 Å². The molecule has 6 heteroatoms. The Morgan fingerprint density at radius 2 is 2.10 bits per heavy atom. The largest absolute Gasteiger partial charge is 0.340 e. The maximum atomic E-state index is 6.00. The van der Waals surface area contributed by atoms with E-state index in [1.165, 1.54) is 11.8 Å². The van der Waals surface area contributed by atoms with Crippen LogP contribution < -0.4 is 5.32 Å². The summed E-state index contributed by atoms with van der Waals surface area (Å²) in [5.41, 5.74) is 0.942. The zero-order valence-electron chi connectivity index (χ0n) is 10.7. The van der Waals surface area contributed by atoms with Crippen molar-refractivity contribution in [3.05, 3.63) is 47.9 Å². The normalized spacial score (nSPS) is 10.7. The van der Waals surface area contributed by atoms with E-state index in [0.717, 1.165) is 16.5 Å². The van der Waals surface area contributed by atoms with Crippen LogP contribution in [-0.4, -0.2) is 21.2 Å². The SMILES string of the molecule is CSc1nc(Cl)cc(Nc2cccc3ccncc23)n1. The molecule has 0 atom stereocenters. The predicted octanol–water partition coefficient (Wildman–Crippen LogP) is 4.14. The van der Waals surface area contributed by atoms with Gasteiger partial charge in [0.2, 0.25) is 0 Å². The highest BCUT2D eigenvalue weighted by Crippen LogP contribution is 2.26. The number of benzene rings is 1. The van der Waals surface area contributed by atoms with Gasteiger partial charge in [0, 0.05) is 29.5 Å². The van der Waals surface area contributed by atoms with E-state index in [2.05, 4.69) is 20.3 Å². The third-order valence-electron chi connectivity index (χ3n) is 2.80. The van der Waals surface area contributed by atoms with E-state index in [4.69, 9.17) is 11.6 Å². The summed E-state index contributed by atoms with van der Waals surface area (Å²) in [5.74, 6) is 0.672. The number of hydrogen-bond acceptors (Lipinski definition) is 5. The van der Waals surface area contributed by atoms with Gasteiger partial charge in [-0.25, -0.2) is 9.97 Å². The number of halogens is 1. The Labute approximate surface area is 125 Å². The van der Waals surface area contributed by atoms with Crippen molar-refractivity contribution < 1.29 is 0 Å². The van der Waals surface area contributed by atoms with E-state index in [1.807, 2.05) is 36.7 Å². The fraction of sp³-hybridized carbons (Fsp3) is 0.0714. The van der Waals surface area contributed by atoms with Crippen LogP contribution in [0.3, 0.4) is 0 Å². The van der Waals surface area contributed by atoms with Crippen LogP contribution in [0.2, 0.25) is 5.15 Å². The van der Waals surface area contributed by atoms with Crippen LogP contribution in [0.4, 0.5) is 11.5 Å². The minimum Gasteiger partial charge on any atom is -0.340 e. The maximum Gasteiger partial charge on any atom is 0.190 e. The molecule has 0 saturated heterocycles. The first-order valence-electron chi connectivity index (χ1n) is 5.94. The fourth-order valence-corrected chi connectivity index (χ4v) is 2.53. The summed E-state index contributed by atoms with van der Waals surface area (Å²) < 4.78 is 0. The van der Waals surface area contributed by atoms with Gasteiger partial charge >= 0.3 is 0 Å². The molecule has 0 radical (unpaired) electrons. The molecule has 100 valence electrons. The molecule has 0 fully saturated rings. The maximum absolute atomic E-state index is 6.00. The molecule has 3 rings (SSSR count). The van der Waals surface area contributed by atoms with Crippen LogP contribution in [0.1, 0.15) is 0 Å². The average Bonchev–Trinajstić information content (AvgIpc) is 2.47. The Bertz CT molecular complexity index is 758. The van der Waals surface area contributed by atoms with Gasteiger partial charge < -0.3 is 5.32 Å². The molecule has 0 aliphatic heterocycles. The number of nitrogens with one attached hydrogen (secondary N) is 1. The van der Waals surface area contributed by atoms with Gasteiger partial charge in [0.05, 0.1) is 0 Å². The van der Waals surface area contributed by atoms with E-state index in [1.54, 1.807) is 12.3 Å². The number of hydrogen-bond donors (Lipinski definition) is 1. The highest BCUT2D eigenvalue weighted by molar-refractivity contribution is 7.98. The van der Waals surface area contributed by atoms with Crippen LogP contribution in [0.15, 0.2) is 47.9 Å². The number of fused-ring (bicyclic) bond motifs is 1. The predicted molar refractivity (Wildman–Crippen MR) is 83.8 cm³/mol. The summed E-state index contributed by atoms with van der Waals surface area (Å²) in [5, 5.41) is 6.49. The van der Waals surface area contributed by atoms with Gasteiger partial charge in [-0.05, 0) is 23.8 Å². The fourth-order valence-electron chi connectivity index (χ4n) is 1.91. The Morgan fingerprint density at radius 1 is 1.20 bits per heavy atom. The Balaban J connectivity index is 2.03. The Morgan fingerprint density at radius 3 is 2.95 bits per heavy atom. The Kier molecular flexibility index (Phi) is 3.71. The van der Waals surface area contributed by atoms with Crippen LogP contribution in [-0.2, 0) is 0 Å². The van der Waals surface area contributed by atoms with E-state index in [0.29, 0.717) is 16.1 Å². The van der Waals surface area contributed by atoms with Crippen LogP contribution in [0.25, 0.3) is 10.8 Å². The van der Waals surface area contributed by atoms with Crippen molar-refractivity contribution >= 4 is 45.6 Å². The van der Waals surface area contributed by atoms with Gasteiger partial charge in [0.15, 0.2) is 5.16 Å². The number of nitrogens with zero attached hydrogens (tertiary/aromatic N) is 3. The molecular formula is C14H11ClN4S. The second kappa shape index (κ2) is 5.64. The minimum absolute atomic E-state index is 0.421. The molecule has 0 unspecified atom stereocenters. The lowest BCUT2D eigenvalue weighted by Gasteiger charge is -2.09. The molecule has 1 N–H and O–H groups in total. The molecule has 0 aliphatic carbocycles. The van der Waals surface area contributed by atoms with Gasteiger partial charge in [-0.15, -0.1) is 0 Å². The van der Waals surface area contributed by atoms with E-state index >= 15 is 0 Å². The lowest BCUT2D eigenvalue weighted by atomic mass is 10.1. The number of rotatable bonds is 3. The van der Waals surface area contributed by atoms with Gasteiger partial charge in [0.25, 0.3) is 0 Å². The van der Waals surface area contributed by atoms with Gasteiger partial charge in [-0.2, -0.15) is 0 Å². The number of aromatic nitrogens is 3. The summed E-state index contributed by atoms with van der Waals surface area (Å²) in [6, 6.07) is 9.70. The molecule has 0 bridgehead atoms. The van der Waals surface area contributed by atoms with E-state index in [9.17, 15) is 0 Å². The topological polar surface area (TPSA) is 50.7 Å². The molecule has 2 aromatic heterocycles. The van der Waals surface area contributed by atoms with E-state index < -0.39 is 0 Å². The third kappa shape index (κ3) is 2.69.